The molecule has 1 saturated carbocycles. The van der Waals surface area contributed by atoms with Gasteiger partial charge in [-0.15, -0.1) is 0 Å². The highest BCUT2D eigenvalue weighted by atomic mass is 79.9. The molecule has 0 spiro atoms. The molecule has 0 aromatic rings. The van der Waals surface area contributed by atoms with Crippen LogP contribution < -0.4 is 5.32 Å². The lowest BCUT2D eigenvalue weighted by atomic mass is 10.1. The van der Waals surface area contributed by atoms with E-state index in [4.69, 9.17) is 0 Å². The molecular formula is C16H30BrNO. The molecule has 0 aliphatic heterocycles. The van der Waals surface area contributed by atoms with E-state index in [-0.39, 0.29) is 5.91 Å². The van der Waals surface area contributed by atoms with E-state index in [0.29, 0.717) is 12.0 Å². The lowest BCUT2D eigenvalue weighted by Crippen LogP contribution is -2.37. The number of amides is 1. The summed E-state index contributed by atoms with van der Waals surface area (Å²) in [6.45, 7) is 2.24. The maximum Gasteiger partial charge on any atom is 0.220 e. The first-order chi connectivity index (χ1) is 9.27. The van der Waals surface area contributed by atoms with Crippen molar-refractivity contribution in [2.75, 3.05) is 5.33 Å². The second kappa shape index (κ2) is 10.7. The average molecular weight is 332 g/mol. The van der Waals surface area contributed by atoms with Gasteiger partial charge in [0.05, 0.1) is 0 Å². The Morgan fingerprint density at radius 3 is 2.47 bits per heavy atom. The molecule has 1 rings (SSSR count). The SMILES string of the molecule is CCCCCCCCCC(=O)NC1CCCC1CBr. The fourth-order valence-corrected chi connectivity index (χ4v) is 3.71. The van der Waals surface area contributed by atoms with Crippen LogP contribution in [0.5, 0.6) is 0 Å². The number of carbonyl (C=O) groups is 1. The highest BCUT2D eigenvalue weighted by molar-refractivity contribution is 9.09. The lowest BCUT2D eigenvalue weighted by molar-refractivity contribution is -0.122. The van der Waals surface area contributed by atoms with Crippen molar-refractivity contribution in [1.82, 2.24) is 5.32 Å². The minimum atomic E-state index is 0.270. The standard InChI is InChI=1S/C16H30BrNO/c1-2-3-4-5-6-7-8-12-16(19)18-15-11-9-10-14(15)13-17/h14-15H,2-13H2,1H3,(H,18,19). The van der Waals surface area contributed by atoms with Crippen molar-refractivity contribution in [2.45, 2.75) is 83.6 Å². The van der Waals surface area contributed by atoms with Crippen LogP contribution in [0, 0.1) is 5.92 Å². The van der Waals surface area contributed by atoms with Crippen molar-refractivity contribution < 1.29 is 4.79 Å². The van der Waals surface area contributed by atoms with Crippen LogP contribution in [0.2, 0.25) is 0 Å². The van der Waals surface area contributed by atoms with Crippen LogP contribution in [0.3, 0.4) is 0 Å². The van der Waals surface area contributed by atoms with Crippen LogP contribution in [-0.4, -0.2) is 17.3 Å². The third kappa shape index (κ3) is 7.34. The van der Waals surface area contributed by atoms with Crippen molar-refractivity contribution in [1.29, 1.82) is 0 Å². The Labute approximate surface area is 127 Å². The molecule has 0 aromatic carbocycles. The third-order valence-electron chi connectivity index (χ3n) is 4.21. The van der Waals surface area contributed by atoms with Gasteiger partial charge in [-0.2, -0.15) is 0 Å². The summed E-state index contributed by atoms with van der Waals surface area (Å²) < 4.78 is 0. The highest BCUT2D eigenvalue weighted by Crippen LogP contribution is 2.27. The number of halogens is 1. The zero-order chi connectivity index (χ0) is 13.9. The van der Waals surface area contributed by atoms with Crippen molar-refractivity contribution >= 4 is 21.8 Å². The van der Waals surface area contributed by atoms with E-state index < -0.39 is 0 Å². The molecule has 112 valence electrons. The predicted octanol–water partition coefficient (Wildman–Crippen LogP) is 4.81. The molecule has 1 fully saturated rings. The minimum absolute atomic E-state index is 0.270. The van der Waals surface area contributed by atoms with Crippen LogP contribution in [0.4, 0.5) is 0 Å². The van der Waals surface area contributed by atoms with Crippen molar-refractivity contribution in [2.24, 2.45) is 5.92 Å². The maximum absolute atomic E-state index is 11.9. The molecule has 1 amide bonds. The molecule has 0 radical (unpaired) electrons. The molecule has 0 heterocycles. The molecule has 1 aliphatic carbocycles. The second-order valence-corrected chi connectivity index (χ2v) is 6.54. The minimum Gasteiger partial charge on any atom is -0.353 e. The van der Waals surface area contributed by atoms with E-state index in [1.807, 2.05) is 0 Å². The van der Waals surface area contributed by atoms with Crippen LogP contribution in [0.15, 0.2) is 0 Å². The first-order valence-corrected chi connectivity index (χ1v) is 9.25. The van der Waals surface area contributed by atoms with Crippen molar-refractivity contribution in [3.8, 4) is 0 Å². The average Bonchev–Trinajstić information content (AvgIpc) is 2.85. The van der Waals surface area contributed by atoms with Gasteiger partial charge in [0.25, 0.3) is 0 Å². The summed E-state index contributed by atoms with van der Waals surface area (Å²) in [6.07, 6.45) is 13.3. The number of nitrogens with one attached hydrogen (secondary N) is 1. The Bertz CT molecular complexity index is 245. The van der Waals surface area contributed by atoms with E-state index in [0.717, 1.165) is 18.2 Å². The molecule has 2 nitrogen and oxygen atoms in total. The fourth-order valence-electron chi connectivity index (χ4n) is 2.93. The first-order valence-electron chi connectivity index (χ1n) is 8.13. The number of alkyl halides is 1. The zero-order valence-corrected chi connectivity index (χ0v) is 14.0. The van der Waals surface area contributed by atoms with Gasteiger partial charge in [0, 0.05) is 17.8 Å². The molecule has 2 atom stereocenters. The Hall–Kier alpha value is -0.0500. The largest absolute Gasteiger partial charge is 0.353 e. The van der Waals surface area contributed by atoms with E-state index in [2.05, 4.69) is 28.2 Å². The van der Waals surface area contributed by atoms with Gasteiger partial charge in [-0.25, -0.2) is 0 Å². The maximum atomic E-state index is 11.9. The summed E-state index contributed by atoms with van der Waals surface area (Å²) in [5.41, 5.74) is 0. The third-order valence-corrected chi connectivity index (χ3v) is 5.04. The lowest BCUT2D eigenvalue weighted by Gasteiger charge is -2.18. The van der Waals surface area contributed by atoms with Crippen LogP contribution in [-0.2, 0) is 4.79 Å². The van der Waals surface area contributed by atoms with Crippen LogP contribution in [0.1, 0.15) is 77.6 Å². The zero-order valence-electron chi connectivity index (χ0n) is 12.4. The van der Waals surface area contributed by atoms with E-state index in [9.17, 15) is 4.79 Å². The Balaban J connectivity index is 1.99. The Morgan fingerprint density at radius 2 is 1.79 bits per heavy atom. The quantitative estimate of drug-likeness (QED) is 0.451. The number of hydrogen-bond donors (Lipinski definition) is 1. The topological polar surface area (TPSA) is 29.1 Å². The van der Waals surface area contributed by atoms with E-state index in [1.54, 1.807) is 0 Å². The predicted molar refractivity (Wildman–Crippen MR) is 85.7 cm³/mol. The molecule has 1 N–H and O–H groups in total. The fraction of sp³-hybridized carbons (Fsp3) is 0.938. The molecule has 0 bridgehead atoms. The van der Waals surface area contributed by atoms with Gasteiger partial charge in [0.1, 0.15) is 0 Å². The van der Waals surface area contributed by atoms with Gasteiger partial charge in [-0.1, -0.05) is 67.8 Å². The van der Waals surface area contributed by atoms with Gasteiger partial charge in [0.2, 0.25) is 5.91 Å². The number of unbranched alkanes of at least 4 members (excludes halogenated alkanes) is 6. The monoisotopic (exact) mass is 331 g/mol. The summed E-state index contributed by atoms with van der Waals surface area (Å²) in [5, 5.41) is 4.25. The highest BCUT2D eigenvalue weighted by Gasteiger charge is 2.27. The normalized spacial score (nSPS) is 22.6. The van der Waals surface area contributed by atoms with Crippen molar-refractivity contribution in [3.63, 3.8) is 0 Å². The van der Waals surface area contributed by atoms with Crippen molar-refractivity contribution in [3.05, 3.63) is 0 Å². The molecule has 2 unspecified atom stereocenters. The Kier molecular flexibility index (Phi) is 9.58. The number of carbonyl (C=O) groups excluding carboxylic acids is 1. The molecule has 0 saturated heterocycles. The van der Waals surface area contributed by atoms with Gasteiger partial charge < -0.3 is 5.32 Å². The Morgan fingerprint density at radius 1 is 1.11 bits per heavy atom. The van der Waals surface area contributed by atoms with Gasteiger partial charge >= 0.3 is 0 Å². The molecular weight excluding hydrogens is 302 g/mol. The molecule has 0 aromatic heterocycles. The molecule has 1 aliphatic rings. The number of hydrogen-bond acceptors (Lipinski definition) is 1. The summed E-state index contributed by atoms with van der Waals surface area (Å²) in [5.74, 6) is 0.921. The molecule has 3 heteroatoms. The van der Waals surface area contributed by atoms with E-state index in [1.165, 1.54) is 57.8 Å². The summed E-state index contributed by atoms with van der Waals surface area (Å²) >= 11 is 3.55. The number of rotatable bonds is 10. The van der Waals surface area contributed by atoms with E-state index >= 15 is 0 Å². The van der Waals surface area contributed by atoms with Crippen LogP contribution >= 0.6 is 15.9 Å². The second-order valence-electron chi connectivity index (χ2n) is 5.89. The summed E-state index contributed by atoms with van der Waals surface area (Å²) in [4.78, 5) is 11.9. The first kappa shape index (κ1) is 17.0. The molecule has 19 heavy (non-hydrogen) atoms. The summed E-state index contributed by atoms with van der Waals surface area (Å²) in [7, 11) is 0. The summed E-state index contributed by atoms with van der Waals surface area (Å²) in [6, 6.07) is 0.427. The van der Waals surface area contributed by atoms with Gasteiger partial charge in [0.15, 0.2) is 0 Å². The smallest absolute Gasteiger partial charge is 0.220 e. The van der Waals surface area contributed by atoms with Crippen LogP contribution in [0.25, 0.3) is 0 Å². The van der Waals surface area contributed by atoms with Gasteiger partial charge in [-0.3, -0.25) is 4.79 Å². The van der Waals surface area contributed by atoms with Gasteiger partial charge in [-0.05, 0) is 25.2 Å².